The van der Waals surface area contributed by atoms with Crippen LogP contribution in [0.5, 0.6) is 0 Å². The summed E-state index contributed by atoms with van der Waals surface area (Å²) in [5, 5.41) is 9.54. The number of benzene rings is 10. The number of hydrogen-bond acceptors (Lipinski definition) is 3. The summed E-state index contributed by atoms with van der Waals surface area (Å²) in [5.74, 6) is 0.714. The molecule has 64 heavy (non-hydrogen) atoms. The molecule has 1 aliphatic rings. The molecular formula is C61H40N2O. The van der Waals surface area contributed by atoms with Crippen LogP contribution < -0.4 is 0 Å². The molecule has 0 bridgehead atoms. The van der Waals surface area contributed by atoms with Crippen LogP contribution in [0.3, 0.4) is 0 Å². The zero-order chi connectivity index (χ0) is 42.5. The molecule has 1 aliphatic carbocycles. The minimum atomic E-state index is -0.150. The van der Waals surface area contributed by atoms with Gasteiger partial charge in [0.2, 0.25) is 0 Å². The van der Waals surface area contributed by atoms with E-state index in [2.05, 4.69) is 214 Å². The molecule has 2 aromatic heterocycles. The number of nitrogens with zero attached hydrogens (tertiary/aromatic N) is 2. The van der Waals surface area contributed by atoms with E-state index < -0.39 is 0 Å². The van der Waals surface area contributed by atoms with Crippen LogP contribution in [0.15, 0.2) is 211 Å². The number of furan rings is 1. The molecule has 10 aromatic carbocycles. The molecule has 0 radical (unpaired) electrons. The largest absolute Gasteiger partial charge is 0.456 e. The summed E-state index contributed by atoms with van der Waals surface area (Å²) in [6, 6.07) is 74.3. The highest BCUT2D eigenvalue weighted by molar-refractivity contribution is 6.15. The molecule has 0 fully saturated rings. The van der Waals surface area contributed by atoms with E-state index in [-0.39, 0.29) is 5.41 Å². The van der Waals surface area contributed by atoms with Gasteiger partial charge in [0.25, 0.3) is 0 Å². The van der Waals surface area contributed by atoms with Gasteiger partial charge in [-0.15, -0.1) is 0 Å². The van der Waals surface area contributed by atoms with E-state index >= 15 is 0 Å². The molecule has 0 unspecified atom stereocenters. The Labute approximate surface area is 371 Å². The Balaban J connectivity index is 0.874. The SMILES string of the molecule is CC1(C)c2cc3ccccc3cc2-c2c(-c3cc(-c4ccc5cc(-c6ccc(-c7cccc8oc9cc%10ccccc%10cc9c78)cc6)ccc5c4)nc(-c4ccccc4)n3)cccc21. The Bertz CT molecular complexity index is 3860. The fraction of sp³-hybridized carbons (Fsp3) is 0.0492. The van der Waals surface area contributed by atoms with Gasteiger partial charge < -0.3 is 4.42 Å². The highest BCUT2D eigenvalue weighted by Gasteiger charge is 2.37. The second-order valence-electron chi connectivity index (χ2n) is 17.8. The van der Waals surface area contributed by atoms with Crippen molar-refractivity contribution in [1.29, 1.82) is 0 Å². The van der Waals surface area contributed by atoms with E-state index in [0.717, 1.165) is 61.0 Å². The zero-order valence-corrected chi connectivity index (χ0v) is 35.4. The van der Waals surface area contributed by atoms with Crippen LogP contribution in [0.25, 0.3) is 122 Å². The van der Waals surface area contributed by atoms with Crippen molar-refractivity contribution in [3.8, 4) is 67.3 Å². The number of rotatable bonds is 5. The molecular weight excluding hydrogens is 777 g/mol. The summed E-state index contributed by atoms with van der Waals surface area (Å²) in [7, 11) is 0. The number of fused-ring (bicyclic) bond motifs is 9. The average Bonchev–Trinajstić information content (AvgIpc) is 3.82. The standard InChI is InChI=1S/C61H40N2O/c1-61(2)52-20-10-19-49(58(52)50-32-40-14-6-8-16-42(40)34-53(50)61)55-36-54(62-60(63-55)39-12-4-3-5-13-39)47-29-28-45-30-44(26-27-46(45)31-47)37-22-24-38(25-23-37)48-18-11-21-56-59(48)51-33-41-15-7-9-17-43(41)35-57(51)64-56/h3-36H,1-2H3. The van der Waals surface area contributed by atoms with E-state index in [1.54, 1.807) is 0 Å². The van der Waals surface area contributed by atoms with E-state index in [4.69, 9.17) is 14.4 Å². The van der Waals surface area contributed by atoms with E-state index in [9.17, 15) is 0 Å². The topological polar surface area (TPSA) is 38.9 Å². The monoisotopic (exact) mass is 816 g/mol. The Hall–Kier alpha value is -8.14. The summed E-state index contributed by atoms with van der Waals surface area (Å²) in [6.45, 7) is 4.69. The van der Waals surface area contributed by atoms with Crippen LogP contribution in [0.1, 0.15) is 25.0 Å². The lowest BCUT2D eigenvalue weighted by Crippen LogP contribution is -2.14. The predicted octanol–water partition coefficient (Wildman–Crippen LogP) is 16.5. The van der Waals surface area contributed by atoms with Crippen LogP contribution >= 0.6 is 0 Å². The summed E-state index contributed by atoms with van der Waals surface area (Å²) < 4.78 is 6.38. The average molecular weight is 817 g/mol. The van der Waals surface area contributed by atoms with E-state index in [1.165, 1.54) is 65.9 Å². The Kier molecular flexibility index (Phi) is 7.95. The normalized spacial score (nSPS) is 13.0. The maximum Gasteiger partial charge on any atom is 0.160 e. The molecule has 0 saturated heterocycles. The maximum absolute atomic E-state index is 6.38. The number of aromatic nitrogens is 2. The van der Waals surface area contributed by atoms with Crippen molar-refractivity contribution >= 4 is 54.3 Å². The molecule has 0 N–H and O–H groups in total. The van der Waals surface area contributed by atoms with Gasteiger partial charge in [-0.3, -0.25) is 0 Å². The molecule has 0 amide bonds. The lowest BCUT2D eigenvalue weighted by Gasteiger charge is -2.22. The van der Waals surface area contributed by atoms with Gasteiger partial charge >= 0.3 is 0 Å². The third kappa shape index (κ3) is 5.74. The molecule has 2 heterocycles. The van der Waals surface area contributed by atoms with Gasteiger partial charge in [0, 0.05) is 32.9 Å². The first kappa shape index (κ1) is 36.5. The Morgan fingerprint density at radius 2 is 0.953 bits per heavy atom. The molecule has 13 rings (SSSR count). The van der Waals surface area contributed by atoms with Crippen LogP contribution in [0, 0.1) is 0 Å². The van der Waals surface area contributed by atoms with Crippen molar-refractivity contribution in [2.75, 3.05) is 0 Å². The maximum atomic E-state index is 6.38. The zero-order valence-electron chi connectivity index (χ0n) is 35.4. The Morgan fingerprint density at radius 1 is 0.359 bits per heavy atom. The quantitative estimate of drug-likeness (QED) is 0.174. The van der Waals surface area contributed by atoms with Crippen molar-refractivity contribution in [1.82, 2.24) is 9.97 Å². The first-order valence-electron chi connectivity index (χ1n) is 22.0. The summed E-state index contributed by atoms with van der Waals surface area (Å²) >= 11 is 0. The summed E-state index contributed by atoms with van der Waals surface area (Å²) in [6.07, 6.45) is 0. The van der Waals surface area contributed by atoms with Crippen molar-refractivity contribution in [2.45, 2.75) is 19.3 Å². The molecule has 0 atom stereocenters. The van der Waals surface area contributed by atoms with Crippen molar-refractivity contribution < 1.29 is 4.42 Å². The smallest absolute Gasteiger partial charge is 0.160 e. The molecule has 3 nitrogen and oxygen atoms in total. The van der Waals surface area contributed by atoms with Gasteiger partial charge in [0.1, 0.15) is 11.2 Å². The predicted molar refractivity (Wildman–Crippen MR) is 267 cm³/mol. The fourth-order valence-corrected chi connectivity index (χ4v) is 10.3. The van der Waals surface area contributed by atoms with Gasteiger partial charge in [0.15, 0.2) is 5.82 Å². The van der Waals surface area contributed by atoms with Gasteiger partial charge in [-0.2, -0.15) is 0 Å². The second kappa shape index (κ2) is 13.9. The van der Waals surface area contributed by atoms with Crippen LogP contribution in [0.4, 0.5) is 0 Å². The first-order valence-corrected chi connectivity index (χ1v) is 22.0. The lowest BCUT2D eigenvalue weighted by atomic mass is 9.81. The molecule has 0 aliphatic heterocycles. The highest BCUT2D eigenvalue weighted by Crippen LogP contribution is 2.53. The van der Waals surface area contributed by atoms with Gasteiger partial charge in [-0.25, -0.2) is 9.97 Å². The Morgan fingerprint density at radius 3 is 1.73 bits per heavy atom. The fourth-order valence-electron chi connectivity index (χ4n) is 10.3. The van der Waals surface area contributed by atoms with Gasteiger partial charge in [0.05, 0.1) is 11.4 Å². The molecule has 300 valence electrons. The van der Waals surface area contributed by atoms with Crippen molar-refractivity contribution in [2.24, 2.45) is 0 Å². The van der Waals surface area contributed by atoms with Gasteiger partial charge in [-0.05, 0) is 125 Å². The number of hydrogen-bond donors (Lipinski definition) is 0. The van der Waals surface area contributed by atoms with Crippen molar-refractivity contribution in [3.05, 3.63) is 217 Å². The third-order valence-electron chi connectivity index (χ3n) is 13.6. The molecule has 0 spiro atoms. The third-order valence-corrected chi connectivity index (χ3v) is 13.6. The summed E-state index contributed by atoms with van der Waals surface area (Å²) in [4.78, 5) is 10.6. The molecule has 0 saturated carbocycles. The van der Waals surface area contributed by atoms with E-state index in [0.29, 0.717) is 5.82 Å². The van der Waals surface area contributed by atoms with Crippen LogP contribution in [0.2, 0.25) is 0 Å². The van der Waals surface area contributed by atoms with E-state index in [1.807, 2.05) is 6.07 Å². The first-order chi connectivity index (χ1) is 31.4. The minimum absolute atomic E-state index is 0.150. The summed E-state index contributed by atoms with van der Waals surface area (Å²) in [5.41, 5.74) is 16.6. The van der Waals surface area contributed by atoms with Crippen LogP contribution in [-0.2, 0) is 5.41 Å². The van der Waals surface area contributed by atoms with Gasteiger partial charge in [-0.1, -0.05) is 172 Å². The van der Waals surface area contributed by atoms with Crippen LogP contribution in [-0.4, -0.2) is 9.97 Å². The molecule has 12 aromatic rings. The lowest BCUT2D eigenvalue weighted by molar-refractivity contribution is 0.661. The minimum Gasteiger partial charge on any atom is -0.456 e. The van der Waals surface area contributed by atoms with Crippen molar-refractivity contribution in [3.63, 3.8) is 0 Å². The molecule has 3 heteroatoms. The second-order valence-corrected chi connectivity index (χ2v) is 17.8. The highest BCUT2D eigenvalue weighted by atomic mass is 16.3.